The molecule has 0 bridgehead atoms. The summed E-state index contributed by atoms with van der Waals surface area (Å²) < 4.78 is 5.94. The van der Waals surface area contributed by atoms with Gasteiger partial charge in [0.15, 0.2) is 0 Å². The summed E-state index contributed by atoms with van der Waals surface area (Å²) in [5.74, 6) is 0.815. The van der Waals surface area contributed by atoms with Gasteiger partial charge >= 0.3 is 0 Å². The van der Waals surface area contributed by atoms with Gasteiger partial charge in [-0.1, -0.05) is 39.3 Å². The Hall–Kier alpha value is -3.21. The number of amides is 1. The van der Waals surface area contributed by atoms with Crippen LogP contribution in [0.15, 0.2) is 58.4 Å². The van der Waals surface area contributed by atoms with Gasteiger partial charge in [-0.15, -0.1) is 0 Å². The molecule has 38 heavy (non-hydrogen) atoms. The second kappa shape index (κ2) is 13.5. The van der Waals surface area contributed by atoms with Crippen molar-refractivity contribution in [2.24, 2.45) is 10.9 Å². The zero-order valence-electron chi connectivity index (χ0n) is 24.5. The molecule has 0 saturated heterocycles. The highest BCUT2D eigenvalue weighted by molar-refractivity contribution is 6.01. The largest absolute Gasteiger partial charge is 0.493 e. The fourth-order valence-corrected chi connectivity index (χ4v) is 5.46. The zero-order chi connectivity index (χ0) is 27.8. The van der Waals surface area contributed by atoms with Gasteiger partial charge in [0.05, 0.1) is 12.1 Å². The number of pyridine rings is 1. The highest BCUT2D eigenvalue weighted by Crippen LogP contribution is 2.42. The van der Waals surface area contributed by atoms with Gasteiger partial charge < -0.3 is 10.1 Å². The molecule has 0 saturated carbocycles. The highest BCUT2D eigenvalue weighted by Gasteiger charge is 2.23. The minimum atomic E-state index is -0.122. The fourth-order valence-electron chi connectivity index (χ4n) is 5.46. The van der Waals surface area contributed by atoms with Gasteiger partial charge in [0, 0.05) is 53.5 Å². The topological polar surface area (TPSA) is 63.6 Å². The third-order valence-corrected chi connectivity index (χ3v) is 7.26. The quantitative estimate of drug-likeness (QED) is 0.300. The summed E-state index contributed by atoms with van der Waals surface area (Å²) in [6, 6.07) is 6.25. The first-order valence-electron chi connectivity index (χ1n) is 14.1. The van der Waals surface area contributed by atoms with Crippen LogP contribution in [0.1, 0.15) is 91.2 Å². The van der Waals surface area contributed by atoms with Crippen molar-refractivity contribution in [2.45, 2.75) is 86.5 Å². The van der Waals surface area contributed by atoms with Crippen LogP contribution in [0.3, 0.4) is 0 Å². The van der Waals surface area contributed by atoms with E-state index >= 15 is 0 Å². The predicted molar refractivity (Wildman–Crippen MR) is 161 cm³/mol. The minimum absolute atomic E-state index is 0.0359. The van der Waals surface area contributed by atoms with E-state index < -0.39 is 0 Å². The molecule has 5 nitrogen and oxygen atoms in total. The molecule has 0 spiro atoms. The maximum absolute atomic E-state index is 12.0. The SMILES string of the molecule is C=C(/C(C1=C(C)CCCC1)=C(/C)N=C(C)CC(C)C(=O)NC)c1ccc2c3c(ccnc13)CCO2.CCC. The highest BCUT2D eigenvalue weighted by atomic mass is 16.5. The number of rotatable bonds is 7. The smallest absolute Gasteiger partial charge is 0.222 e. The molecule has 0 radical (unpaired) electrons. The lowest BCUT2D eigenvalue weighted by atomic mass is 9.82. The van der Waals surface area contributed by atoms with E-state index in [0.717, 1.165) is 64.0 Å². The van der Waals surface area contributed by atoms with Crippen molar-refractivity contribution < 1.29 is 9.53 Å². The lowest BCUT2D eigenvalue weighted by molar-refractivity contribution is -0.123. The van der Waals surface area contributed by atoms with Crippen LogP contribution in [0.4, 0.5) is 0 Å². The van der Waals surface area contributed by atoms with Crippen molar-refractivity contribution in [1.29, 1.82) is 0 Å². The number of nitrogens with zero attached hydrogens (tertiary/aromatic N) is 2. The summed E-state index contributed by atoms with van der Waals surface area (Å²) in [4.78, 5) is 21.8. The molecule has 1 N–H and O–H groups in total. The number of hydrogen-bond acceptors (Lipinski definition) is 4. The van der Waals surface area contributed by atoms with Crippen LogP contribution in [0.2, 0.25) is 0 Å². The van der Waals surface area contributed by atoms with Crippen molar-refractivity contribution in [1.82, 2.24) is 10.3 Å². The average molecular weight is 516 g/mol. The second-order valence-electron chi connectivity index (χ2n) is 10.6. The van der Waals surface area contributed by atoms with Crippen molar-refractivity contribution in [3.8, 4) is 5.75 Å². The molecule has 4 rings (SSSR count). The summed E-state index contributed by atoms with van der Waals surface area (Å²) in [7, 11) is 1.68. The molecule has 1 unspecified atom stereocenters. The maximum atomic E-state index is 12.0. The summed E-state index contributed by atoms with van der Waals surface area (Å²) in [5, 5.41) is 3.83. The number of aliphatic imine (C=N–C) groups is 1. The van der Waals surface area contributed by atoms with Gasteiger partial charge in [-0.2, -0.15) is 0 Å². The number of hydrogen-bond donors (Lipinski definition) is 1. The van der Waals surface area contributed by atoms with Crippen LogP contribution in [-0.4, -0.2) is 30.3 Å². The minimum Gasteiger partial charge on any atom is -0.493 e. The molecule has 2 heterocycles. The van der Waals surface area contributed by atoms with Crippen LogP contribution >= 0.6 is 0 Å². The third kappa shape index (κ3) is 6.61. The Bertz CT molecular complexity index is 1270. The van der Waals surface area contributed by atoms with Crippen LogP contribution in [-0.2, 0) is 11.2 Å². The van der Waals surface area contributed by atoms with Crippen molar-refractivity contribution in [3.63, 3.8) is 0 Å². The van der Waals surface area contributed by atoms with E-state index in [1.807, 2.05) is 20.0 Å². The first kappa shape index (κ1) is 29.3. The molecule has 1 aliphatic carbocycles. The van der Waals surface area contributed by atoms with Crippen LogP contribution < -0.4 is 10.1 Å². The van der Waals surface area contributed by atoms with E-state index in [9.17, 15) is 4.79 Å². The Morgan fingerprint density at radius 1 is 1.16 bits per heavy atom. The van der Waals surface area contributed by atoms with Gasteiger partial charge in [0.1, 0.15) is 5.75 Å². The van der Waals surface area contributed by atoms with Crippen LogP contribution in [0, 0.1) is 5.92 Å². The zero-order valence-corrected chi connectivity index (χ0v) is 24.5. The number of benzene rings is 1. The normalized spacial score (nSPS) is 16.7. The Morgan fingerprint density at radius 3 is 2.55 bits per heavy atom. The maximum Gasteiger partial charge on any atom is 0.222 e. The van der Waals surface area contributed by atoms with Gasteiger partial charge in [-0.05, 0) is 87.8 Å². The van der Waals surface area contributed by atoms with Crippen LogP contribution in [0.5, 0.6) is 5.75 Å². The lowest BCUT2D eigenvalue weighted by Gasteiger charge is -2.25. The number of aromatic nitrogens is 1. The first-order valence-corrected chi connectivity index (χ1v) is 14.1. The average Bonchev–Trinajstić information content (AvgIpc) is 2.90. The Balaban J connectivity index is 0.00000127. The molecule has 1 aromatic carbocycles. The molecule has 1 aromatic heterocycles. The van der Waals surface area contributed by atoms with Gasteiger partial charge in [-0.25, -0.2) is 0 Å². The summed E-state index contributed by atoms with van der Waals surface area (Å²) in [6.07, 6.45) is 9.18. The number of allylic oxidation sites excluding steroid dienone is 5. The molecule has 2 aliphatic rings. The van der Waals surface area contributed by atoms with E-state index in [1.165, 1.54) is 36.0 Å². The monoisotopic (exact) mass is 515 g/mol. The first-order chi connectivity index (χ1) is 18.2. The van der Waals surface area contributed by atoms with E-state index in [2.05, 4.69) is 57.8 Å². The molecule has 1 amide bonds. The molecular weight excluding hydrogens is 470 g/mol. The summed E-state index contributed by atoms with van der Waals surface area (Å²) >= 11 is 0. The van der Waals surface area contributed by atoms with Crippen molar-refractivity contribution >= 4 is 28.1 Å². The van der Waals surface area contributed by atoms with Crippen LogP contribution in [0.25, 0.3) is 16.5 Å². The lowest BCUT2D eigenvalue weighted by Crippen LogP contribution is -2.26. The molecule has 2 aromatic rings. The third-order valence-electron chi connectivity index (χ3n) is 7.26. The molecule has 1 aliphatic heterocycles. The van der Waals surface area contributed by atoms with E-state index in [1.54, 1.807) is 7.05 Å². The molecule has 5 heteroatoms. The second-order valence-corrected chi connectivity index (χ2v) is 10.6. The Labute approximate surface area is 229 Å². The number of carbonyl (C=O) groups is 1. The summed E-state index contributed by atoms with van der Waals surface area (Å²) in [5.41, 5.74) is 9.98. The molecule has 204 valence electrons. The Kier molecular flexibility index (Phi) is 10.5. The van der Waals surface area contributed by atoms with E-state index in [0.29, 0.717) is 13.0 Å². The number of nitrogens with one attached hydrogen (secondary N) is 1. The fraction of sp³-hybridized carbons (Fsp3) is 0.485. The van der Waals surface area contributed by atoms with Gasteiger partial charge in [0.2, 0.25) is 5.91 Å². The van der Waals surface area contributed by atoms with Gasteiger partial charge in [-0.3, -0.25) is 14.8 Å². The molecule has 1 atom stereocenters. The van der Waals surface area contributed by atoms with Crippen molar-refractivity contribution in [3.05, 3.63) is 64.5 Å². The number of carbonyl (C=O) groups excluding carboxylic acids is 1. The number of ether oxygens (including phenoxy) is 1. The predicted octanol–water partition coefficient (Wildman–Crippen LogP) is 8.00. The standard InChI is InChI=1S/C30H37N3O2.C3H8/c1-18-9-7-8-10-24(18)27(22(5)33-20(3)17-19(2)30(34)31-6)21(4)25-11-12-26-28-23(14-16-35-26)13-15-32-29(25)28;1-3-2/h11-13,15,19H,4,7-10,14,16-17H2,1-3,5-6H3,(H,31,34);3H2,1-2H3/b27-22+,33-20?;. The Morgan fingerprint density at radius 2 is 1.87 bits per heavy atom. The van der Waals surface area contributed by atoms with Crippen molar-refractivity contribution in [2.75, 3.05) is 13.7 Å². The van der Waals surface area contributed by atoms with Gasteiger partial charge in [0.25, 0.3) is 0 Å². The molecule has 0 fully saturated rings. The summed E-state index contributed by atoms with van der Waals surface area (Å²) in [6.45, 7) is 17.8. The molecular formula is C33H45N3O2. The van der Waals surface area contributed by atoms with E-state index in [-0.39, 0.29) is 11.8 Å². The van der Waals surface area contributed by atoms with E-state index in [4.69, 9.17) is 14.7 Å².